The van der Waals surface area contributed by atoms with Crippen LogP contribution in [0.3, 0.4) is 0 Å². The van der Waals surface area contributed by atoms with Crippen molar-refractivity contribution in [1.82, 2.24) is 13.7 Å². The molecule has 0 aliphatic rings. The van der Waals surface area contributed by atoms with Crippen LogP contribution in [0.5, 0.6) is 0 Å². The lowest BCUT2D eigenvalue weighted by Crippen LogP contribution is -2.36. The minimum absolute atomic E-state index is 0.271. The van der Waals surface area contributed by atoms with Gasteiger partial charge in [-0.15, -0.1) is 0 Å². The Bertz CT molecular complexity index is 916. The average Bonchev–Trinajstić information content (AvgIpc) is 2.89. The zero-order valence-electron chi connectivity index (χ0n) is 11.0. The van der Waals surface area contributed by atoms with Crippen LogP contribution < -0.4 is 11.2 Å². The minimum Gasteiger partial charge on any atom is -0.321 e. The summed E-state index contributed by atoms with van der Waals surface area (Å²) in [5.74, 6) is 0. The number of hydrogen-bond acceptors (Lipinski definition) is 2. The fourth-order valence-electron chi connectivity index (χ4n) is 2.23. The van der Waals surface area contributed by atoms with E-state index in [1.54, 1.807) is 19.4 Å². The third kappa shape index (κ3) is 1.91. The molecular weight excluding hydrogens is 369 g/mol. The summed E-state index contributed by atoms with van der Waals surface area (Å²) < 4.78 is 5.62. The van der Waals surface area contributed by atoms with E-state index in [1.165, 1.54) is 11.6 Å². The molecule has 0 aliphatic heterocycles. The first-order chi connectivity index (χ1) is 9.49. The smallest absolute Gasteiger partial charge is 0.321 e. The van der Waals surface area contributed by atoms with E-state index in [0.29, 0.717) is 10.9 Å². The van der Waals surface area contributed by atoms with Gasteiger partial charge in [0.05, 0.1) is 10.9 Å². The highest BCUT2D eigenvalue weighted by atomic mass is 127. The van der Waals surface area contributed by atoms with E-state index in [1.807, 2.05) is 28.8 Å². The van der Waals surface area contributed by atoms with Crippen LogP contribution in [-0.4, -0.2) is 13.7 Å². The van der Waals surface area contributed by atoms with Crippen molar-refractivity contribution >= 4 is 33.5 Å². The molecule has 5 nitrogen and oxygen atoms in total. The Labute approximate surface area is 128 Å². The zero-order chi connectivity index (χ0) is 14.4. The van der Waals surface area contributed by atoms with Crippen LogP contribution >= 0.6 is 22.6 Å². The number of benzene rings is 1. The average molecular weight is 381 g/mol. The topological polar surface area (TPSA) is 48.9 Å². The summed E-state index contributed by atoms with van der Waals surface area (Å²) >= 11 is 2.24. The molecule has 6 heteroatoms. The van der Waals surface area contributed by atoms with Crippen LogP contribution in [-0.2, 0) is 14.1 Å². The first-order valence-electron chi connectivity index (χ1n) is 6.02. The van der Waals surface area contributed by atoms with Gasteiger partial charge in [-0.3, -0.25) is 13.9 Å². The maximum absolute atomic E-state index is 12.1. The first kappa shape index (κ1) is 13.2. The lowest BCUT2D eigenvalue weighted by Gasteiger charge is -2.02. The van der Waals surface area contributed by atoms with Crippen LogP contribution in [0.2, 0.25) is 0 Å². The van der Waals surface area contributed by atoms with Crippen LogP contribution in [0.4, 0.5) is 0 Å². The zero-order valence-corrected chi connectivity index (χ0v) is 13.2. The van der Waals surface area contributed by atoms with Crippen LogP contribution in [0.25, 0.3) is 16.6 Å². The SMILES string of the molecule is Cn1c(=O)c2cn(-c3ccc(I)cc3)cc2n(C)c1=O. The van der Waals surface area contributed by atoms with E-state index in [0.717, 1.165) is 13.8 Å². The molecule has 0 aliphatic carbocycles. The van der Waals surface area contributed by atoms with Crippen molar-refractivity contribution in [1.29, 1.82) is 0 Å². The second-order valence-electron chi connectivity index (χ2n) is 4.65. The molecule has 0 spiro atoms. The molecule has 0 N–H and O–H groups in total. The monoisotopic (exact) mass is 381 g/mol. The van der Waals surface area contributed by atoms with E-state index in [-0.39, 0.29) is 11.2 Å². The summed E-state index contributed by atoms with van der Waals surface area (Å²) in [5.41, 5.74) is 1.00. The van der Waals surface area contributed by atoms with Gasteiger partial charge in [0.25, 0.3) is 5.56 Å². The van der Waals surface area contributed by atoms with Gasteiger partial charge in [-0.25, -0.2) is 4.79 Å². The highest BCUT2D eigenvalue weighted by Crippen LogP contribution is 2.16. The van der Waals surface area contributed by atoms with E-state index < -0.39 is 0 Å². The van der Waals surface area contributed by atoms with Gasteiger partial charge in [-0.05, 0) is 46.9 Å². The summed E-state index contributed by atoms with van der Waals surface area (Å²) in [7, 11) is 3.16. The predicted molar refractivity (Wildman–Crippen MR) is 86.5 cm³/mol. The molecule has 3 rings (SSSR count). The number of hydrogen-bond donors (Lipinski definition) is 0. The van der Waals surface area contributed by atoms with Crippen molar-refractivity contribution in [3.05, 3.63) is 61.1 Å². The lowest BCUT2D eigenvalue weighted by molar-refractivity contribution is 0.714. The fraction of sp³-hybridized carbons (Fsp3) is 0.143. The van der Waals surface area contributed by atoms with Gasteiger partial charge in [0.2, 0.25) is 0 Å². The minimum atomic E-state index is -0.317. The first-order valence-corrected chi connectivity index (χ1v) is 7.10. The molecule has 20 heavy (non-hydrogen) atoms. The van der Waals surface area contributed by atoms with Gasteiger partial charge in [-0.2, -0.15) is 0 Å². The molecule has 0 saturated heterocycles. The molecule has 0 atom stereocenters. The number of rotatable bonds is 1. The Balaban J connectivity index is 2.34. The van der Waals surface area contributed by atoms with Gasteiger partial charge >= 0.3 is 5.69 Å². The molecule has 2 heterocycles. The van der Waals surface area contributed by atoms with E-state index in [2.05, 4.69) is 22.6 Å². The highest BCUT2D eigenvalue weighted by Gasteiger charge is 2.11. The fourth-order valence-corrected chi connectivity index (χ4v) is 2.59. The number of halogens is 1. The van der Waals surface area contributed by atoms with Crippen molar-refractivity contribution in [3.63, 3.8) is 0 Å². The Morgan fingerprint density at radius 3 is 2.25 bits per heavy atom. The highest BCUT2D eigenvalue weighted by molar-refractivity contribution is 14.1. The molecule has 102 valence electrons. The van der Waals surface area contributed by atoms with Crippen LogP contribution in [0.15, 0.2) is 46.2 Å². The second kappa shape index (κ2) is 4.62. The molecular formula is C14H12IN3O2. The molecule has 0 saturated carbocycles. The second-order valence-corrected chi connectivity index (χ2v) is 5.89. The predicted octanol–water partition coefficient (Wildman–Crippen LogP) is 1.63. The quantitative estimate of drug-likeness (QED) is 0.602. The van der Waals surface area contributed by atoms with E-state index in [4.69, 9.17) is 0 Å². The Morgan fingerprint density at radius 1 is 0.950 bits per heavy atom. The van der Waals surface area contributed by atoms with Gasteiger partial charge in [0.15, 0.2) is 0 Å². The summed E-state index contributed by atoms with van der Waals surface area (Å²) in [6.45, 7) is 0. The molecule has 0 fully saturated rings. The molecule has 0 unspecified atom stereocenters. The maximum atomic E-state index is 12.1. The normalized spacial score (nSPS) is 11.2. The van der Waals surface area contributed by atoms with Gasteiger partial charge in [0, 0.05) is 35.7 Å². The summed E-state index contributed by atoms with van der Waals surface area (Å²) in [6, 6.07) is 7.95. The van der Waals surface area contributed by atoms with Crippen molar-refractivity contribution in [3.8, 4) is 5.69 Å². The number of nitrogens with zero attached hydrogens (tertiary/aromatic N) is 3. The summed E-state index contributed by atoms with van der Waals surface area (Å²) in [4.78, 5) is 24.0. The third-order valence-electron chi connectivity index (χ3n) is 3.40. The largest absolute Gasteiger partial charge is 0.330 e. The van der Waals surface area contributed by atoms with E-state index >= 15 is 0 Å². The van der Waals surface area contributed by atoms with Crippen molar-refractivity contribution in [2.24, 2.45) is 14.1 Å². The molecule has 3 aromatic rings. The Hall–Kier alpha value is -1.83. The Kier molecular flexibility index (Phi) is 3.04. The van der Waals surface area contributed by atoms with E-state index in [9.17, 15) is 9.59 Å². The molecule has 0 radical (unpaired) electrons. The summed E-state index contributed by atoms with van der Waals surface area (Å²) in [6.07, 6.45) is 3.57. The van der Waals surface area contributed by atoms with Gasteiger partial charge in [-0.1, -0.05) is 0 Å². The van der Waals surface area contributed by atoms with Crippen LogP contribution in [0.1, 0.15) is 0 Å². The maximum Gasteiger partial charge on any atom is 0.330 e. The summed E-state index contributed by atoms with van der Waals surface area (Å²) in [5, 5.41) is 0.535. The molecule has 0 amide bonds. The molecule has 0 bridgehead atoms. The standard InChI is InChI=1S/C14H12IN3O2/c1-16-12-8-18(10-5-3-9(15)4-6-10)7-11(12)13(19)17(2)14(16)20/h3-8H,1-2H3. The lowest BCUT2D eigenvalue weighted by atomic mass is 10.3. The van der Waals surface area contributed by atoms with Crippen LogP contribution in [0, 0.1) is 3.57 Å². The molecule has 1 aromatic carbocycles. The van der Waals surface area contributed by atoms with Crippen molar-refractivity contribution in [2.75, 3.05) is 0 Å². The molecule has 2 aromatic heterocycles. The van der Waals surface area contributed by atoms with Crippen molar-refractivity contribution < 1.29 is 0 Å². The number of fused-ring (bicyclic) bond motifs is 1. The van der Waals surface area contributed by atoms with Crippen molar-refractivity contribution in [2.45, 2.75) is 0 Å². The van der Waals surface area contributed by atoms with Gasteiger partial charge in [0.1, 0.15) is 0 Å². The number of aryl methyl sites for hydroxylation is 1. The number of aromatic nitrogens is 3. The Morgan fingerprint density at radius 2 is 1.60 bits per heavy atom. The van der Waals surface area contributed by atoms with Gasteiger partial charge < -0.3 is 4.57 Å². The third-order valence-corrected chi connectivity index (χ3v) is 4.12.